The summed E-state index contributed by atoms with van der Waals surface area (Å²) >= 11 is 0. The van der Waals surface area contributed by atoms with Gasteiger partial charge in [0, 0.05) is 16.5 Å². The molecule has 0 radical (unpaired) electrons. The molecule has 1 aliphatic heterocycles. The third kappa shape index (κ3) is 2.63. The molecule has 2 heterocycles. The quantitative estimate of drug-likeness (QED) is 0.732. The van der Waals surface area contributed by atoms with Crippen LogP contribution < -0.4 is 15.3 Å². The molecule has 2 atom stereocenters. The Hall–Kier alpha value is -2.59. The molecular weight excluding hydrogens is 314 g/mol. The fraction of sp³-hybridized carbons (Fsp3) is 0.286. The van der Waals surface area contributed by atoms with Gasteiger partial charge < -0.3 is 9.15 Å². The number of nitrogens with one attached hydrogen (secondary N) is 1. The fourth-order valence-corrected chi connectivity index (χ4v) is 3.55. The maximum atomic E-state index is 12.2. The molecule has 0 bridgehead atoms. The zero-order chi connectivity index (χ0) is 17.6. The second kappa shape index (κ2) is 6.05. The maximum absolute atomic E-state index is 12.2. The van der Waals surface area contributed by atoms with E-state index in [1.54, 1.807) is 0 Å². The summed E-state index contributed by atoms with van der Waals surface area (Å²) in [5, 5.41) is 0.994. The zero-order valence-corrected chi connectivity index (χ0v) is 14.8. The first kappa shape index (κ1) is 15.9. The van der Waals surface area contributed by atoms with Gasteiger partial charge in [-0.1, -0.05) is 30.3 Å². The van der Waals surface area contributed by atoms with Crippen LogP contribution in [0.1, 0.15) is 35.2 Å². The van der Waals surface area contributed by atoms with Crippen molar-refractivity contribution in [3.8, 4) is 5.75 Å². The third-order valence-corrected chi connectivity index (χ3v) is 5.41. The van der Waals surface area contributed by atoms with Gasteiger partial charge in [-0.05, 0) is 38.5 Å². The molecule has 1 N–H and O–H groups in total. The molecule has 0 amide bonds. The van der Waals surface area contributed by atoms with Crippen LogP contribution in [0.15, 0.2) is 51.7 Å². The van der Waals surface area contributed by atoms with Gasteiger partial charge in [0.15, 0.2) is 5.58 Å². The van der Waals surface area contributed by atoms with Gasteiger partial charge in [-0.3, -0.25) is 4.90 Å². The SMILES string of the molecule is Cc1c(C)c2ccc3c(c2oc1=O)C[NH+]([C@@H](C)c1ccccc1)CO3. The molecule has 1 aromatic heterocycles. The van der Waals surface area contributed by atoms with Crippen molar-refractivity contribution < 1.29 is 14.1 Å². The van der Waals surface area contributed by atoms with Gasteiger partial charge in [0.25, 0.3) is 0 Å². The Bertz CT molecular complexity index is 991. The second-order valence-corrected chi connectivity index (χ2v) is 6.81. The lowest BCUT2D eigenvalue weighted by molar-refractivity contribution is -0.960. The smallest absolute Gasteiger partial charge is 0.339 e. The normalized spacial score (nSPS) is 17.8. The standard InChI is InChI=1S/C21H21NO3/c1-13-14(2)21(23)25-20-17(13)9-10-19-18(20)11-22(12-24-19)15(3)16-7-5-4-6-8-16/h4-10,15H,11-12H2,1-3H3/p+1/t15-/m0/s1. The number of rotatable bonds is 2. The number of benzene rings is 2. The maximum Gasteiger partial charge on any atom is 0.339 e. The topological polar surface area (TPSA) is 43.9 Å². The van der Waals surface area contributed by atoms with Crippen molar-refractivity contribution >= 4 is 11.0 Å². The number of fused-ring (bicyclic) bond motifs is 3. The minimum Gasteiger partial charge on any atom is -0.445 e. The second-order valence-electron chi connectivity index (χ2n) is 6.81. The summed E-state index contributed by atoms with van der Waals surface area (Å²) < 4.78 is 11.7. The van der Waals surface area contributed by atoms with Gasteiger partial charge in [-0.15, -0.1) is 0 Å². The van der Waals surface area contributed by atoms with Crippen molar-refractivity contribution in [2.45, 2.75) is 33.4 Å². The first-order chi connectivity index (χ1) is 12.1. The first-order valence-corrected chi connectivity index (χ1v) is 8.64. The molecule has 1 aliphatic rings. The number of quaternary nitrogens is 1. The molecular formula is C21H22NO3+. The van der Waals surface area contributed by atoms with Crippen LogP contribution in [0.3, 0.4) is 0 Å². The minimum atomic E-state index is -0.262. The van der Waals surface area contributed by atoms with Crippen LogP contribution >= 0.6 is 0 Å². The number of hydrogen-bond acceptors (Lipinski definition) is 3. The van der Waals surface area contributed by atoms with E-state index >= 15 is 0 Å². The van der Waals surface area contributed by atoms with Crippen molar-refractivity contribution in [2.24, 2.45) is 0 Å². The van der Waals surface area contributed by atoms with Crippen LogP contribution in [0.25, 0.3) is 11.0 Å². The Morgan fingerprint density at radius 1 is 1.04 bits per heavy atom. The van der Waals surface area contributed by atoms with E-state index in [9.17, 15) is 4.79 Å². The van der Waals surface area contributed by atoms with E-state index < -0.39 is 0 Å². The molecule has 2 aromatic carbocycles. The van der Waals surface area contributed by atoms with Crippen molar-refractivity contribution in [3.63, 3.8) is 0 Å². The highest BCUT2D eigenvalue weighted by molar-refractivity contribution is 5.85. The van der Waals surface area contributed by atoms with Crippen LogP contribution in [0.4, 0.5) is 0 Å². The van der Waals surface area contributed by atoms with Crippen molar-refractivity contribution in [1.82, 2.24) is 0 Å². The van der Waals surface area contributed by atoms with E-state index in [2.05, 4.69) is 31.2 Å². The summed E-state index contributed by atoms with van der Waals surface area (Å²) in [4.78, 5) is 13.5. The fourth-order valence-electron chi connectivity index (χ4n) is 3.55. The van der Waals surface area contributed by atoms with Crippen molar-refractivity contribution in [3.05, 3.63) is 75.1 Å². The van der Waals surface area contributed by atoms with Crippen LogP contribution in [0.5, 0.6) is 5.75 Å². The third-order valence-electron chi connectivity index (χ3n) is 5.41. The average Bonchev–Trinajstić information content (AvgIpc) is 2.66. The van der Waals surface area contributed by atoms with Crippen LogP contribution in [-0.4, -0.2) is 6.73 Å². The monoisotopic (exact) mass is 336 g/mol. The molecule has 4 rings (SSSR count). The molecule has 25 heavy (non-hydrogen) atoms. The lowest BCUT2D eigenvalue weighted by Gasteiger charge is -2.31. The Labute approximate surface area is 146 Å². The minimum absolute atomic E-state index is 0.262. The molecule has 4 nitrogen and oxygen atoms in total. The van der Waals surface area contributed by atoms with E-state index in [0.29, 0.717) is 23.9 Å². The molecule has 128 valence electrons. The summed E-state index contributed by atoms with van der Waals surface area (Å²) in [5.74, 6) is 0.822. The number of aryl methyl sites for hydroxylation is 1. The van der Waals surface area contributed by atoms with Gasteiger partial charge in [-0.25, -0.2) is 4.79 Å². The molecule has 4 heteroatoms. The van der Waals surface area contributed by atoms with E-state index in [1.165, 1.54) is 10.5 Å². The van der Waals surface area contributed by atoms with E-state index in [0.717, 1.165) is 28.8 Å². The highest BCUT2D eigenvalue weighted by Crippen LogP contribution is 2.31. The van der Waals surface area contributed by atoms with Gasteiger partial charge in [0.05, 0.1) is 5.56 Å². The van der Waals surface area contributed by atoms with Crippen LogP contribution in [0, 0.1) is 13.8 Å². The Kier molecular flexibility index (Phi) is 3.85. The van der Waals surface area contributed by atoms with Gasteiger partial charge >= 0.3 is 5.63 Å². The highest BCUT2D eigenvalue weighted by atomic mass is 16.5. The van der Waals surface area contributed by atoms with Crippen LogP contribution in [0.2, 0.25) is 0 Å². The van der Waals surface area contributed by atoms with Crippen molar-refractivity contribution in [2.75, 3.05) is 6.73 Å². The zero-order valence-electron chi connectivity index (χ0n) is 14.8. The molecule has 0 fully saturated rings. The van der Waals surface area contributed by atoms with Crippen molar-refractivity contribution in [1.29, 1.82) is 0 Å². The van der Waals surface area contributed by atoms with E-state index in [1.807, 2.05) is 32.0 Å². The first-order valence-electron chi connectivity index (χ1n) is 8.64. The summed E-state index contributed by atoms with van der Waals surface area (Å²) in [7, 11) is 0. The molecule has 0 saturated heterocycles. The van der Waals surface area contributed by atoms with E-state index in [4.69, 9.17) is 9.15 Å². The predicted molar refractivity (Wildman–Crippen MR) is 97.0 cm³/mol. The van der Waals surface area contributed by atoms with Crippen LogP contribution in [-0.2, 0) is 6.54 Å². The molecule has 0 saturated carbocycles. The highest BCUT2D eigenvalue weighted by Gasteiger charge is 2.29. The summed E-state index contributed by atoms with van der Waals surface area (Å²) in [5.41, 5.74) is 4.33. The summed E-state index contributed by atoms with van der Waals surface area (Å²) in [6.07, 6.45) is 0. The number of ether oxygens (including phenoxy) is 1. The molecule has 1 unspecified atom stereocenters. The Morgan fingerprint density at radius 3 is 2.56 bits per heavy atom. The summed E-state index contributed by atoms with van der Waals surface area (Å²) in [6, 6.07) is 14.7. The largest absolute Gasteiger partial charge is 0.445 e. The van der Waals surface area contributed by atoms with E-state index in [-0.39, 0.29) is 5.63 Å². The van der Waals surface area contributed by atoms with Gasteiger partial charge in [-0.2, -0.15) is 0 Å². The summed E-state index contributed by atoms with van der Waals surface area (Å²) in [6.45, 7) is 7.36. The lowest BCUT2D eigenvalue weighted by Crippen LogP contribution is -3.12. The number of hydrogen-bond donors (Lipinski definition) is 1. The lowest BCUT2D eigenvalue weighted by atomic mass is 10.0. The predicted octanol–water partition coefficient (Wildman–Crippen LogP) is 2.91. The average molecular weight is 336 g/mol. The van der Waals surface area contributed by atoms with Gasteiger partial charge in [0.2, 0.25) is 6.73 Å². The Morgan fingerprint density at radius 2 is 1.80 bits per heavy atom. The molecule has 0 aliphatic carbocycles. The molecule has 0 spiro atoms. The molecule has 3 aromatic rings. The van der Waals surface area contributed by atoms with Gasteiger partial charge in [0.1, 0.15) is 18.3 Å². The Balaban J connectivity index is 1.78.